The van der Waals surface area contributed by atoms with E-state index in [4.69, 9.17) is 4.55 Å². The minimum Gasteiger partial charge on any atom is -0.372 e. The predicted molar refractivity (Wildman–Crippen MR) is 150 cm³/mol. The molecule has 0 saturated heterocycles. The van der Waals surface area contributed by atoms with Crippen molar-refractivity contribution in [3.8, 4) is 11.2 Å². The van der Waals surface area contributed by atoms with Gasteiger partial charge in [-0.2, -0.15) is 23.5 Å². The Morgan fingerprint density at radius 1 is 1.26 bits per heavy atom. The van der Waals surface area contributed by atoms with Crippen LogP contribution in [0.25, 0.3) is 15.3 Å². The van der Waals surface area contributed by atoms with Crippen molar-refractivity contribution in [2.75, 3.05) is 29.1 Å². The third-order valence-corrected chi connectivity index (χ3v) is 7.55. The van der Waals surface area contributed by atoms with Crippen molar-refractivity contribution in [1.82, 2.24) is 14.8 Å². The van der Waals surface area contributed by atoms with Crippen LogP contribution >= 0.6 is 11.3 Å². The molecule has 0 atom stereocenters. The van der Waals surface area contributed by atoms with Crippen LogP contribution < -0.4 is 10.2 Å². The van der Waals surface area contributed by atoms with Crippen molar-refractivity contribution in [1.29, 1.82) is 5.26 Å². The van der Waals surface area contributed by atoms with Crippen LogP contribution in [0.1, 0.15) is 31.5 Å². The van der Waals surface area contributed by atoms with Crippen molar-refractivity contribution in [2.45, 2.75) is 27.2 Å². The molecule has 0 fully saturated rings. The van der Waals surface area contributed by atoms with Crippen LogP contribution in [0.5, 0.6) is 0 Å². The zero-order valence-corrected chi connectivity index (χ0v) is 23.1. The third-order valence-electron chi connectivity index (χ3n) is 5.73. The van der Waals surface area contributed by atoms with E-state index < -0.39 is 10.1 Å². The Balaban J connectivity index is 1.70. The Labute approximate surface area is 229 Å². The first kappa shape index (κ1) is 27.8. The van der Waals surface area contributed by atoms with Gasteiger partial charge in [0.1, 0.15) is 17.3 Å². The molecule has 2 heterocycles. The normalized spacial score (nSPS) is 11.7. The summed E-state index contributed by atoms with van der Waals surface area (Å²) >= 11 is 1.41. The third kappa shape index (κ3) is 6.63. The fourth-order valence-corrected chi connectivity index (χ4v) is 5.34. The second-order valence-corrected chi connectivity index (χ2v) is 11.2. The summed E-state index contributed by atoms with van der Waals surface area (Å²) in [6, 6.07) is 14.9. The second-order valence-electron chi connectivity index (χ2n) is 8.57. The van der Waals surface area contributed by atoms with Gasteiger partial charge < -0.3 is 10.2 Å². The Morgan fingerprint density at radius 2 is 2.03 bits per heavy atom. The minimum absolute atomic E-state index is 0.215. The number of para-hydroxylation sites is 1. The number of nitrogens with one attached hydrogen (secondary N) is 1. The van der Waals surface area contributed by atoms with Gasteiger partial charge >= 0.3 is 0 Å². The van der Waals surface area contributed by atoms with E-state index in [9.17, 15) is 18.5 Å². The number of amides is 1. The van der Waals surface area contributed by atoms with Crippen LogP contribution in [0, 0.1) is 18.3 Å². The molecule has 0 spiro atoms. The second kappa shape index (κ2) is 11.7. The largest absolute Gasteiger partial charge is 0.372 e. The Bertz CT molecular complexity index is 1670. The molecule has 2 aromatic carbocycles. The van der Waals surface area contributed by atoms with Crippen molar-refractivity contribution in [2.24, 2.45) is 10.2 Å². The highest BCUT2D eigenvalue weighted by Crippen LogP contribution is 2.35. The molecule has 0 saturated carbocycles. The van der Waals surface area contributed by atoms with E-state index in [2.05, 4.69) is 31.7 Å². The van der Waals surface area contributed by atoms with Gasteiger partial charge in [0.15, 0.2) is 5.82 Å². The summed E-state index contributed by atoms with van der Waals surface area (Å²) in [7, 11) is -4.06. The fraction of sp³-hybridized carbons (Fsp3) is 0.280. The lowest BCUT2D eigenvalue weighted by atomic mass is 10.2. The molecule has 0 aliphatic heterocycles. The Kier molecular flexibility index (Phi) is 8.34. The highest BCUT2D eigenvalue weighted by atomic mass is 32.2. The van der Waals surface area contributed by atoms with Crippen LogP contribution in [0.15, 0.2) is 52.7 Å². The molecule has 0 bridgehead atoms. The zero-order valence-electron chi connectivity index (χ0n) is 21.5. The monoisotopic (exact) mass is 566 g/mol. The first-order chi connectivity index (χ1) is 18.6. The number of anilines is 2. The number of fused-ring (bicyclic) bond motifs is 1. The summed E-state index contributed by atoms with van der Waals surface area (Å²) in [5.74, 6) is -0.449. The van der Waals surface area contributed by atoms with Gasteiger partial charge in [0.05, 0.1) is 27.4 Å². The van der Waals surface area contributed by atoms with E-state index in [1.54, 1.807) is 25.1 Å². The number of hydrogen-bond acceptors (Lipinski definition) is 10. The lowest BCUT2D eigenvalue weighted by Gasteiger charge is -2.24. The Morgan fingerprint density at radius 3 is 2.69 bits per heavy atom. The molecule has 2 N–H and O–H groups in total. The number of azo groups is 1. The average molecular weight is 567 g/mol. The quantitative estimate of drug-likeness (QED) is 0.197. The first-order valence-corrected chi connectivity index (χ1v) is 14.4. The predicted octanol–water partition coefficient (Wildman–Crippen LogP) is 5.14. The molecule has 39 heavy (non-hydrogen) atoms. The van der Waals surface area contributed by atoms with Gasteiger partial charge in [0.25, 0.3) is 10.1 Å². The minimum atomic E-state index is -4.06. The topological polar surface area (TPSA) is 166 Å². The molecule has 1 amide bonds. The number of carbonyl (C=O) groups is 1. The molecule has 4 aromatic rings. The highest BCUT2D eigenvalue weighted by molar-refractivity contribution is 7.85. The molecule has 4 rings (SSSR count). The summed E-state index contributed by atoms with van der Waals surface area (Å²) in [6.45, 7) is 5.94. The molecule has 0 aliphatic carbocycles. The molecule has 0 radical (unpaired) electrons. The molecule has 14 heteroatoms. The fourth-order valence-electron chi connectivity index (χ4n) is 3.93. The van der Waals surface area contributed by atoms with Crippen molar-refractivity contribution >= 4 is 60.5 Å². The van der Waals surface area contributed by atoms with Gasteiger partial charge in [-0.15, -0.1) is 10.2 Å². The number of rotatable bonds is 10. The standard InChI is InChI=1S/C25H26N8O4S2/c1-4-32(12-7-13-39(35,36)37)18-10-11-20(22(14-18)27-17(3)34)29-30-24-19(15-26)16(2)31-33(24)25-28-21-8-5-6-9-23(21)38-25/h5-6,8-11,14H,4,7,12-13H2,1-3H3,(H,27,34)(H,35,36,37). The maximum atomic E-state index is 11.9. The van der Waals surface area contributed by atoms with Crippen molar-refractivity contribution < 1.29 is 17.8 Å². The van der Waals surface area contributed by atoms with Crippen LogP contribution in [-0.4, -0.2) is 52.5 Å². The molecular weight excluding hydrogens is 540 g/mol. The van der Waals surface area contributed by atoms with Gasteiger partial charge in [-0.3, -0.25) is 9.35 Å². The molecular formula is C25H26N8O4S2. The van der Waals surface area contributed by atoms with Gasteiger partial charge in [-0.1, -0.05) is 23.5 Å². The number of nitrogens with zero attached hydrogens (tertiary/aromatic N) is 7. The first-order valence-electron chi connectivity index (χ1n) is 12.0. The number of thiazole rings is 1. The average Bonchev–Trinajstić information content (AvgIpc) is 3.45. The number of benzene rings is 2. The lowest BCUT2D eigenvalue weighted by Crippen LogP contribution is -2.25. The zero-order chi connectivity index (χ0) is 28.2. The Hall–Kier alpha value is -4.19. The number of carbonyl (C=O) groups excluding carboxylic acids is 1. The van der Waals surface area contributed by atoms with Gasteiger partial charge in [-0.05, 0) is 50.6 Å². The smallest absolute Gasteiger partial charge is 0.264 e. The maximum Gasteiger partial charge on any atom is 0.264 e. The van der Waals surface area contributed by atoms with E-state index in [0.29, 0.717) is 35.3 Å². The summed E-state index contributed by atoms with van der Waals surface area (Å²) < 4.78 is 33.7. The SMILES string of the molecule is CCN(CCCS(=O)(=O)O)c1ccc(N=Nc2c(C#N)c(C)nn2-c2nc3ccccc3s2)c(NC(C)=O)c1. The van der Waals surface area contributed by atoms with Gasteiger partial charge in [0.2, 0.25) is 11.0 Å². The van der Waals surface area contributed by atoms with E-state index in [1.165, 1.54) is 22.9 Å². The van der Waals surface area contributed by atoms with E-state index in [1.807, 2.05) is 36.1 Å². The molecule has 0 unspecified atom stereocenters. The molecule has 2 aromatic heterocycles. The molecule has 0 aliphatic rings. The number of aryl methyl sites for hydroxylation is 1. The van der Waals surface area contributed by atoms with Gasteiger partial charge in [0, 0.05) is 25.7 Å². The van der Waals surface area contributed by atoms with Crippen LogP contribution in [0.4, 0.5) is 22.9 Å². The summed E-state index contributed by atoms with van der Waals surface area (Å²) in [5.41, 5.74) is 2.99. The maximum absolute atomic E-state index is 11.9. The summed E-state index contributed by atoms with van der Waals surface area (Å²) in [5, 5.41) is 26.3. The van der Waals surface area contributed by atoms with Crippen LogP contribution in [0.2, 0.25) is 0 Å². The van der Waals surface area contributed by atoms with Crippen molar-refractivity contribution in [3.05, 3.63) is 53.7 Å². The summed E-state index contributed by atoms with van der Waals surface area (Å²) in [6.07, 6.45) is 0.232. The van der Waals surface area contributed by atoms with E-state index >= 15 is 0 Å². The van der Waals surface area contributed by atoms with Crippen LogP contribution in [-0.2, 0) is 14.9 Å². The van der Waals surface area contributed by atoms with E-state index in [-0.39, 0.29) is 29.5 Å². The van der Waals surface area contributed by atoms with Gasteiger partial charge in [-0.25, -0.2) is 4.98 Å². The van der Waals surface area contributed by atoms with E-state index in [0.717, 1.165) is 15.9 Å². The molecule has 12 nitrogen and oxygen atoms in total. The highest BCUT2D eigenvalue weighted by Gasteiger charge is 2.19. The number of nitriles is 1. The van der Waals surface area contributed by atoms with Crippen LogP contribution in [0.3, 0.4) is 0 Å². The molecule has 202 valence electrons. The summed E-state index contributed by atoms with van der Waals surface area (Å²) in [4.78, 5) is 18.5. The van der Waals surface area contributed by atoms with Crippen molar-refractivity contribution in [3.63, 3.8) is 0 Å². The lowest BCUT2D eigenvalue weighted by molar-refractivity contribution is -0.114. The number of hydrogen-bond donors (Lipinski definition) is 2. The number of aromatic nitrogens is 3.